The second-order valence-electron chi connectivity index (χ2n) is 11.4. The molecule has 1 amide bonds. The summed E-state index contributed by atoms with van der Waals surface area (Å²) in [6.45, 7) is 3.00. The summed E-state index contributed by atoms with van der Waals surface area (Å²) in [4.78, 5) is 28.6. The maximum atomic E-state index is 13.8. The maximum absolute atomic E-state index is 13.8. The Hall–Kier alpha value is -3.72. The molecule has 0 spiro atoms. The maximum Gasteiger partial charge on any atom is 0.339 e. The van der Waals surface area contributed by atoms with Gasteiger partial charge in [-0.2, -0.15) is 0 Å². The summed E-state index contributed by atoms with van der Waals surface area (Å²) in [7, 11) is 3.27. The monoisotopic (exact) mass is 629 g/mol. The Bertz CT molecular complexity index is 1620. The molecular formula is C33H36BrN5O3. The highest BCUT2D eigenvalue weighted by atomic mass is 79.9. The van der Waals surface area contributed by atoms with E-state index in [9.17, 15) is 9.59 Å². The number of aromatic nitrogens is 4. The topological polar surface area (TPSA) is 82.3 Å². The number of hydrogen-bond acceptors (Lipinski definition) is 5. The molecule has 2 fully saturated rings. The second kappa shape index (κ2) is 11.9. The van der Waals surface area contributed by atoms with Gasteiger partial charge in [0.1, 0.15) is 0 Å². The highest BCUT2D eigenvalue weighted by molar-refractivity contribution is 9.10. The highest BCUT2D eigenvalue weighted by Gasteiger charge is 2.45. The van der Waals surface area contributed by atoms with Crippen molar-refractivity contribution >= 4 is 27.8 Å². The van der Waals surface area contributed by atoms with E-state index in [1.165, 1.54) is 13.5 Å². The standard InChI is InChI=1S/C33H36BrN5O3/c1-4-9-22-11-5-6-16-39(22)32(40)25-14-8-13-24(30(25)34)21-10-7-12-23(18-21)38-17-15-26(33(41)42-3)31(38)28-19-27(28)29-20-37(2)36-35-29/h7-8,10,12-15,17-18,20,22,27-28H,4-6,9,11,16,19H2,1-3H3/t22-,27-,28-/m1/s1. The van der Waals surface area contributed by atoms with E-state index in [4.69, 9.17) is 4.74 Å². The summed E-state index contributed by atoms with van der Waals surface area (Å²) in [5.74, 6) is 0.0693. The Balaban J connectivity index is 1.35. The van der Waals surface area contributed by atoms with Crippen LogP contribution in [0.4, 0.5) is 0 Å². The van der Waals surface area contributed by atoms with E-state index in [0.717, 1.165) is 71.3 Å². The van der Waals surface area contributed by atoms with Gasteiger partial charge < -0.3 is 14.2 Å². The lowest BCUT2D eigenvalue weighted by Gasteiger charge is -2.36. The van der Waals surface area contributed by atoms with Crippen molar-refractivity contribution in [1.82, 2.24) is 24.5 Å². The van der Waals surface area contributed by atoms with Crippen LogP contribution in [0.2, 0.25) is 0 Å². The first-order valence-corrected chi connectivity index (χ1v) is 15.6. The van der Waals surface area contributed by atoms with Crippen LogP contribution in [0.25, 0.3) is 16.8 Å². The van der Waals surface area contributed by atoms with Gasteiger partial charge in [0.2, 0.25) is 0 Å². The molecule has 0 bridgehead atoms. The molecule has 1 aliphatic carbocycles. The number of likely N-dealkylation sites (tertiary alicyclic amines) is 1. The van der Waals surface area contributed by atoms with Gasteiger partial charge in [0.05, 0.1) is 23.9 Å². The van der Waals surface area contributed by atoms with E-state index in [0.29, 0.717) is 17.2 Å². The van der Waals surface area contributed by atoms with Gasteiger partial charge >= 0.3 is 5.97 Å². The zero-order valence-corrected chi connectivity index (χ0v) is 25.9. The van der Waals surface area contributed by atoms with E-state index in [1.54, 1.807) is 4.68 Å². The average molecular weight is 631 g/mol. The van der Waals surface area contributed by atoms with Gasteiger partial charge in [-0.05, 0) is 83.4 Å². The summed E-state index contributed by atoms with van der Waals surface area (Å²) in [5, 5.41) is 8.42. The molecular weight excluding hydrogens is 594 g/mol. The first-order valence-electron chi connectivity index (χ1n) is 14.8. The fourth-order valence-corrected chi connectivity index (χ4v) is 7.15. The molecule has 42 heavy (non-hydrogen) atoms. The SMILES string of the molecule is CCC[C@@H]1CCCCN1C(=O)c1cccc(-c2cccc(-n3ccc(C(=O)OC)c3[C@@H]3C[C@H]3c3cn(C)nn3)c2)c1Br. The van der Waals surface area contributed by atoms with Gasteiger partial charge in [-0.1, -0.05) is 42.8 Å². The zero-order valence-electron chi connectivity index (χ0n) is 24.3. The second-order valence-corrected chi connectivity index (χ2v) is 12.2. The predicted molar refractivity (Wildman–Crippen MR) is 165 cm³/mol. The number of esters is 1. The number of rotatable bonds is 8. The third kappa shape index (κ3) is 5.30. The molecule has 4 aromatic rings. The minimum Gasteiger partial charge on any atom is -0.465 e. The first-order chi connectivity index (χ1) is 20.4. The molecule has 1 saturated heterocycles. The first kappa shape index (κ1) is 28.4. The Morgan fingerprint density at radius 3 is 2.67 bits per heavy atom. The van der Waals surface area contributed by atoms with E-state index in [2.05, 4.69) is 54.8 Å². The summed E-state index contributed by atoms with van der Waals surface area (Å²) >= 11 is 3.81. The van der Waals surface area contributed by atoms with Crippen molar-refractivity contribution in [2.45, 2.75) is 63.3 Å². The van der Waals surface area contributed by atoms with Crippen LogP contribution in [0.15, 0.2) is 65.4 Å². The van der Waals surface area contributed by atoms with Gasteiger partial charge in [0, 0.05) is 59.7 Å². The quantitative estimate of drug-likeness (QED) is 0.198. The van der Waals surface area contributed by atoms with Crippen molar-refractivity contribution in [3.63, 3.8) is 0 Å². The van der Waals surface area contributed by atoms with Crippen molar-refractivity contribution in [2.24, 2.45) is 7.05 Å². The average Bonchev–Trinajstić information content (AvgIpc) is 3.46. The number of amides is 1. The number of carbonyl (C=O) groups excluding carboxylic acids is 2. The van der Waals surface area contributed by atoms with Crippen LogP contribution in [-0.2, 0) is 11.8 Å². The van der Waals surface area contributed by atoms with Gasteiger partial charge in [0.25, 0.3) is 5.91 Å². The van der Waals surface area contributed by atoms with Crippen LogP contribution in [0.3, 0.4) is 0 Å². The summed E-state index contributed by atoms with van der Waals surface area (Å²) in [6, 6.07) is 16.3. The lowest BCUT2D eigenvalue weighted by atomic mass is 9.96. The third-order valence-corrected chi connectivity index (χ3v) is 9.50. The summed E-state index contributed by atoms with van der Waals surface area (Å²) < 4.78 is 9.74. The summed E-state index contributed by atoms with van der Waals surface area (Å²) in [6.07, 6.45) is 10.2. The molecule has 2 aliphatic rings. The molecule has 2 aromatic carbocycles. The van der Waals surface area contributed by atoms with Crippen LogP contribution in [0, 0.1) is 0 Å². The minimum absolute atomic E-state index is 0.0947. The molecule has 0 radical (unpaired) electrons. The third-order valence-electron chi connectivity index (χ3n) is 8.65. The number of methoxy groups -OCH3 is 1. The minimum atomic E-state index is -0.349. The van der Waals surface area contributed by atoms with Gasteiger partial charge in [-0.25, -0.2) is 4.79 Å². The number of hydrogen-bond donors (Lipinski definition) is 0. The van der Waals surface area contributed by atoms with E-state index in [-0.39, 0.29) is 23.7 Å². The predicted octanol–water partition coefficient (Wildman–Crippen LogP) is 6.89. The molecule has 1 saturated carbocycles. The lowest BCUT2D eigenvalue weighted by Crippen LogP contribution is -2.43. The van der Waals surface area contributed by atoms with Crippen molar-refractivity contribution in [3.05, 3.63) is 87.9 Å². The molecule has 9 heteroatoms. The van der Waals surface area contributed by atoms with E-state index in [1.807, 2.05) is 55.8 Å². The van der Waals surface area contributed by atoms with Crippen LogP contribution in [0.1, 0.15) is 89.4 Å². The zero-order chi connectivity index (χ0) is 29.4. The van der Waals surface area contributed by atoms with Gasteiger partial charge in [0.15, 0.2) is 0 Å². The molecule has 0 unspecified atom stereocenters. The molecule has 2 aromatic heterocycles. The lowest BCUT2D eigenvalue weighted by molar-refractivity contribution is 0.0591. The number of benzene rings is 2. The Morgan fingerprint density at radius 2 is 1.90 bits per heavy atom. The van der Waals surface area contributed by atoms with Gasteiger partial charge in [-0.15, -0.1) is 5.10 Å². The molecule has 3 heterocycles. The fourth-order valence-electron chi connectivity index (χ4n) is 6.49. The van der Waals surface area contributed by atoms with E-state index >= 15 is 0 Å². The van der Waals surface area contributed by atoms with Crippen molar-refractivity contribution in [2.75, 3.05) is 13.7 Å². The highest BCUT2D eigenvalue weighted by Crippen LogP contribution is 2.55. The molecule has 3 atom stereocenters. The molecule has 8 nitrogen and oxygen atoms in total. The number of nitrogens with zero attached hydrogens (tertiary/aromatic N) is 5. The van der Waals surface area contributed by atoms with Crippen molar-refractivity contribution in [3.8, 4) is 16.8 Å². The van der Waals surface area contributed by atoms with Crippen LogP contribution in [-0.4, -0.2) is 56.0 Å². The molecule has 218 valence electrons. The number of aryl methyl sites for hydroxylation is 1. The van der Waals surface area contributed by atoms with Crippen LogP contribution in [0.5, 0.6) is 0 Å². The number of ether oxygens (including phenoxy) is 1. The molecule has 1 aliphatic heterocycles. The molecule has 0 N–H and O–H groups in total. The van der Waals surface area contributed by atoms with Crippen LogP contribution >= 0.6 is 15.9 Å². The smallest absolute Gasteiger partial charge is 0.339 e. The molecule has 6 rings (SSSR count). The Kier molecular flexibility index (Phi) is 8.03. The number of halogens is 1. The number of piperidine rings is 1. The van der Waals surface area contributed by atoms with Crippen molar-refractivity contribution < 1.29 is 14.3 Å². The van der Waals surface area contributed by atoms with Crippen molar-refractivity contribution in [1.29, 1.82) is 0 Å². The Labute approximate surface area is 254 Å². The van der Waals surface area contributed by atoms with Gasteiger partial charge in [-0.3, -0.25) is 9.48 Å². The number of carbonyl (C=O) groups is 2. The van der Waals surface area contributed by atoms with E-state index < -0.39 is 0 Å². The summed E-state index contributed by atoms with van der Waals surface area (Å²) in [5.41, 5.74) is 5.99. The normalized spacial score (nSPS) is 20.0. The Morgan fingerprint density at radius 1 is 1.07 bits per heavy atom. The fraction of sp³-hybridized carbons (Fsp3) is 0.394. The van der Waals surface area contributed by atoms with Crippen LogP contribution < -0.4 is 0 Å². The largest absolute Gasteiger partial charge is 0.465 e.